The number of hydrogen-bond acceptors (Lipinski definition) is 4. The quantitative estimate of drug-likeness (QED) is 0.341. The van der Waals surface area contributed by atoms with Crippen LogP contribution in [0, 0.1) is 0 Å². The van der Waals surface area contributed by atoms with Crippen LogP contribution in [0.5, 0.6) is 0 Å². The SMILES string of the molecule is O=C(O)CCNCc1ccc2oc(-c3ccc(-c4ccccc4)c(C(F)(F)F)c3)cc(=O)c2c1. The normalized spacial score (nSPS) is 11.6. The van der Waals surface area contributed by atoms with Gasteiger partial charge in [-0.2, -0.15) is 13.2 Å². The largest absolute Gasteiger partial charge is 0.481 e. The van der Waals surface area contributed by atoms with Crippen LogP contribution in [0.4, 0.5) is 13.2 Å². The van der Waals surface area contributed by atoms with Crippen molar-refractivity contribution < 1.29 is 27.5 Å². The molecule has 0 fully saturated rings. The minimum absolute atomic E-state index is 0.0257. The van der Waals surface area contributed by atoms with E-state index in [1.807, 2.05) is 0 Å². The maximum Gasteiger partial charge on any atom is 0.417 e. The standard InChI is InChI=1S/C26H20F3NO4/c27-26(28,29)21-13-18(7-8-19(21)17-4-2-1-3-5-17)24-14-22(31)20-12-16(6-9-23(20)34-24)15-30-11-10-25(32)33/h1-9,12-14,30H,10-11,15H2,(H,32,33). The number of carbonyl (C=O) groups is 1. The third-order valence-corrected chi connectivity index (χ3v) is 5.33. The summed E-state index contributed by atoms with van der Waals surface area (Å²) in [6, 6.07) is 18.2. The van der Waals surface area contributed by atoms with E-state index in [2.05, 4.69) is 5.32 Å². The molecular weight excluding hydrogens is 447 g/mol. The van der Waals surface area contributed by atoms with E-state index in [1.54, 1.807) is 48.5 Å². The molecule has 3 aromatic carbocycles. The van der Waals surface area contributed by atoms with Crippen molar-refractivity contribution in [3.05, 3.63) is 94.1 Å². The molecule has 0 unspecified atom stereocenters. The summed E-state index contributed by atoms with van der Waals surface area (Å²) in [6.07, 6.45) is -4.62. The van der Waals surface area contributed by atoms with Crippen LogP contribution in [0.1, 0.15) is 17.5 Å². The highest BCUT2D eigenvalue weighted by Gasteiger charge is 2.34. The Labute approximate surface area is 192 Å². The molecule has 0 saturated carbocycles. The monoisotopic (exact) mass is 467 g/mol. The first-order valence-corrected chi connectivity index (χ1v) is 10.5. The molecule has 5 nitrogen and oxygen atoms in total. The molecule has 34 heavy (non-hydrogen) atoms. The van der Waals surface area contributed by atoms with Crippen LogP contribution in [0.15, 0.2) is 82.0 Å². The summed E-state index contributed by atoms with van der Waals surface area (Å²) in [5, 5.41) is 12.0. The molecule has 4 rings (SSSR count). The van der Waals surface area contributed by atoms with E-state index in [4.69, 9.17) is 9.52 Å². The van der Waals surface area contributed by atoms with Gasteiger partial charge in [0.1, 0.15) is 11.3 Å². The zero-order valence-electron chi connectivity index (χ0n) is 17.9. The highest BCUT2D eigenvalue weighted by Crippen LogP contribution is 2.39. The van der Waals surface area contributed by atoms with Crippen LogP contribution in [0.2, 0.25) is 0 Å². The van der Waals surface area contributed by atoms with Crippen LogP contribution in [0.3, 0.4) is 0 Å². The first kappa shape index (κ1) is 23.3. The van der Waals surface area contributed by atoms with Gasteiger partial charge in [0.25, 0.3) is 0 Å². The first-order chi connectivity index (χ1) is 16.2. The molecule has 174 valence electrons. The topological polar surface area (TPSA) is 79.5 Å². The Hall–Kier alpha value is -3.91. The van der Waals surface area contributed by atoms with Crippen molar-refractivity contribution in [3.63, 3.8) is 0 Å². The third-order valence-electron chi connectivity index (χ3n) is 5.33. The van der Waals surface area contributed by atoms with Crippen LogP contribution in [-0.2, 0) is 17.5 Å². The molecule has 0 aliphatic rings. The molecule has 0 bridgehead atoms. The zero-order chi connectivity index (χ0) is 24.3. The van der Waals surface area contributed by atoms with E-state index < -0.39 is 17.7 Å². The predicted octanol–water partition coefficient (Wildman–Crippen LogP) is 5.71. The van der Waals surface area contributed by atoms with Crippen molar-refractivity contribution in [1.29, 1.82) is 0 Å². The van der Waals surface area contributed by atoms with Crippen molar-refractivity contribution in [2.24, 2.45) is 0 Å². The number of nitrogens with one attached hydrogen (secondary N) is 1. The number of fused-ring (bicyclic) bond motifs is 1. The predicted molar refractivity (Wildman–Crippen MR) is 122 cm³/mol. The smallest absolute Gasteiger partial charge is 0.417 e. The number of alkyl halides is 3. The zero-order valence-corrected chi connectivity index (χ0v) is 17.9. The lowest BCUT2D eigenvalue weighted by atomic mass is 9.96. The Morgan fingerprint density at radius 1 is 0.941 bits per heavy atom. The summed E-state index contributed by atoms with van der Waals surface area (Å²) in [6.45, 7) is 0.641. The fourth-order valence-corrected chi connectivity index (χ4v) is 3.69. The van der Waals surface area contributed by atoms with E-state index >= 15 is 0 Å². The van der Waals surface area contributed by atoms with Gasteiger partial charge in [-0.05, 0) is 34.9 Å². The molecule has 0 atom stereocenters. The number of halogens is 3. The minimum atomic E-state index is -4.60. The number of carboxylic acid groups (broad SMARTS) is 1. The van der Waals surface area contributed by atoms with Gasteiger partial charge in [-0.3, -0.25) is 9.59 Å². The summed E-state index contributed by atoms with van der Waals surface area (Å²) in [5.74, 6) is -0.875. The second kappa shape index (κ2) is 9.52. The Morgan fingerprint density at radius 3 is 2.41 bits per heavy atom. The molecule has 0 amide bonds. The van der Waals surface area contributed by atoms with E-state index in [-0.39, 0.29) is 40.9 Å². The van der Waals surface area contributed by atoms with E-state index in [1.165, 1.54) is 18.2 Å². The summed E-state index contributed by atoms with van der Waals surface area (Å²) < 4.78 is 47.3. The molecule has 0 saturated heterocycles. The molecule has 0 aliphatic carbocycles. The molecule has 2 N–H and O–H groups in total. The van der Waals surface area contributed by atoms with Crippen LogP contribution in [-0.4, -0.2) is 17.6 Å². The fourth-order valence-electron chi connectivity index (χ4n) is 3.69. The molecule has 0 spiro atoms. The molecule has 1 aromatic heterocycles. The van der Waals surface area contributed by atoms with Gasteiger partial charge < -0.3 is 14.8 Å². The Kier molecular flexibility index (Phi) is 6.51. The molecule has 0 aliphatic heterocycles. The molecule has 1 heterocycles. The Balaban J connectivity index is 1.69. The van der Waals surface area contributed by atoms with Gasteiger partial charge in [-0.25, -0.2) is 0 Å². The number of hydrogen-bond donors (Lipinski definition) is 2. The highest BCUT2D eigenvalue weighted by atomic mass is 19.4. The molecule has 8 heteroatoms. The average Bonchev–Trinajstić information content (AvgIpc) is 2.81. The molecule has 4 aromatic rings. The molecule has 0 radical (unpaired) electrons. The number of benzene rings is 3. The van der Waals surface area contributed by atoms with Crippen molar-refractivity contribution in [1.82, 2.24) is 5.32 Å². The van der Waals surface area contributed by atoms with Gasteiger partial charge in [0.2, 0.25) is 0 Å². The minimum Gasteiger partial charge on any atom is -0.481 e. The van der Waals surface area contributed by atoms with Crippen molar-refractivity contribution in [2.75, 3.05) is 6.54 Å². The lowest BCUT2D eigenvalue weighted by molar-refractivity contribution is -0.137. The lowest BCUT2D eigenvalue weighted by Gasteiger charge is -2.15. The van der Waals surface area contributed by atoms with Gasteiger partial charge in [0, 0.05) is 24.7 Å². The first-order valence-electron chi connectivity index (χ1n) is 10.5. The van der Waals surface area contributed by atoms with Crippen LogP contribution >= 0.6 is 0 Å². The highest BCUT2D eigenvalue weighted by molar-refractivity contribution is 5.80. The summed E-state index contributed by atoms with van der Waals surface area (Å²) >= 11 is 0. The van der Waals surface area contributed by atoms with Gasteiger partial charge in [-0.1, -0.05) is 48.5 Å². The van der Waals surface area contributed by atoms with Crippen molar-refractivity contribution in [3.8, 4) is 22.5 Å². The van der Waals surface area contributed by atoms with Gasteiger partial charge in [0.15, 0.2) is 5.43 Å². The second-order valence-corrected chi connectivity index (χ2v) is 7.75. The summed E-state index contributed by atoms with van der Waals surface area (Å²) in [7, 11) is 0. The van der Waals surface area contributed by atoms with E-state index in [0.717, 1.165) is 11.6 Å². The number of rotatable bonds is 7. The summed E-state index contributed by atoms with van der Waals surface area (Å²) in [5.41, 5.74) is 0.421. The molecular formula is C26H20F3NO4. The average molecular weight is 467 g/mol. The van der Waals surface area contributed by atoms with E-state index in [0.29, 0.717) is 17.5 Å². The lowest BCUT2D eigenvalue weighted by Crippen LogP contribution is -2.17. The van der Waals surface area contributed by atoms with Crippen LogP contribution < -0.4 is 10.7 Å². The van der Waals surface area contributed by atoms with Gasteiger partial charge >= 0.3 is 12.1 Å². The van der Waals surface area contributed by atoms with Gasteiger partial charge in [0.05, 0.1) is 17.4 Å². The Bertz CT molecular complexity index is 1400. The van der Waals surface area contributed by atoms with Crippen molar-refractivity contribution in [2.45, 2.75) is 19.1 Å². The van der Waals surface area contributed by atoms with E-state index in [9.17, 15) is 22.8 Å². The third kappa shape index (κ3) is 5.18. The summed E-state index contributed by atoms with van der Waals surface area (Å²) in [4.78, 5) is 23.3. The second-order valence-electron chi connectivity index (χ2n) is 7.75. The van der Waals surface area contributed by atoms with Crippen molar-refractivity contribution >= 4 is 16.9 Å². The number of carboxylic acids is 1. The maximum atomic E-state index is 13.8. The Morgan fingerprint density at radius 2 is 1.71 bits per heavy atom. The maximum absolute atomic E-state index is 13.8. The van der Waals surface area contributed by atoms with Gasteiger partial charge in [-0.15, -0.1) is 0 Å². The van der Waals surface area contributed by atoms with Crippen LogP contribution in [0.25, 0.3) is 33.4 Å². The number of aliphatic carboxylic acids is 1. The fraction of sp³-hybridized carbons (Fsp3) is 0.154.